The smallest absolute Gasteiger partial charge is 0.242 e. The van der Waals surface area contributed by atoms with Gasteiger partial charge in [0.15, 0.2) is 0 Å². The summed E-state index contributed by atoms with van der Waals surface area (Å²) in [5.74, 6) is 0.595. The lowest BCUT2D eigenvalue weighted by molar-refractivity contribution is -0.122. The Labute approximate surface area is 140 Å². The molecule has 0 bridgehead atoms. The van der Waals surface area contributed by atoms with Crippen molar-refractivity contribution in [3.8, 4) is 5.75 Å². The van der Waals surface area contributed by atoms with E-state index in [0.717, 1.165) is 17.0 Å². The number of carbonyl (C=O) groups is 2. The van der Waals surface area contributed by atoms with Gasteiger partial charge in [-0.15, -0.1) is 0 Å². The van der Waals surface area contributed by atoms with Crippen LogP contribution in [0.4, 0.5) is 5.69 Å². The quantitative estimate of drug-likeness (QED) is 0.892. The first kappa shape index (κ1) is 16.0. The fourth-order valence-electron chi connectivity index (χ4n) is 2.79. The molecule has 7 heteroatoms. The zero-order chi connectivity index (χ0) is 17.1. The molecular formula is C17H20N4O3. The molecule has 3 rings (SSSR count). The first-order valence-corrected chi connectivity index (χ1v) is 7.78. The normalized spacial score (nSPS) is 17.2. The molecule has 1 aliphatic rings. The zero-order valence-electron chi connectivity index (χ0n) is 13.7. The standard InChI is InChI=1S/C17H20N4O3/c1-12-8-18-20(9-12)11-16(22)19-13-7-17(23)21(10-13)14-3-5-15(24-2)6-4-14/h3-6,8-9,13H,7,10-11H2,1-2H3,(H,19,22)/t13-/m1/s1. The van der Waals surface area contributed by atoms with Gasteiger partial charge in [0.2, 0.25) is 11.8 Å². The van der Waals surface area contributed by atoms with Gasteiger partial charge in [-0.05, 0) is 36.8 Å². The Morgan fingerprint density at radius 3 is 2.75 bits per heavy atom. The lowest BCUT2D eigenvalue weighted by Crippen LogP contribution is -2.39. The second-order valence-electron chi connectivity index (χ2n) is 5.89. The molecule has 24 heavy (non-hydrogen) atoms. The monoisotopic (exact) mass is 328 g/mol. The predicted octanol–water partition coefficient (Wildman–Crippen LogP) is 1.12. The number of ether oxygens (including phenoxy) is 1. The summed E-state index contributed by atoms with van der Waals surface area (Å²) in [4.78, 5) is 26.0. The number of methoxy groups -OCH3 is 1. The van der Waals surface area contributed by atoms with Crippen LogP contribution in [0.1, 0.15) is 12.0 Å². The Hall–Kier alpha value is -2.83. The van der Waals surface area contributed by atoms with E-state index in [0.29, 0.717) is 13.0 Å². The summed E-state index contributed by atoms with van der Waals surface area (Å²) in [7, 11) is 1.60. The third-order valence-corrected chi connectivity index (χ3v) is 3.94. The summed E-state index contributed by atoms with van der Waals surface area (Å²) in [6.45, 7) is 2.54. The molecule has 1 fully saturated rings. The van der Waals surface area contributed by atoms with Gasteiger partial charge < -0.3 is 15.0 Å². The number of aryl methyl sites for hydroxylation is 1. The van der Waals surface area contributed by atoms with E-state index in [1.807, 2.05) is 37.4 Å². The molecule has 1 N–H and O–H groups in total. The topological polar surface area (TPSA) is 76.5 Å². The van der Waals surface area contributed by atoms with Gasteiger partial charge in [0.05, 0.1) is 19.3 Å². The minimum atomic E-state index is -0.191. The van der Waals surface area contributed by atoms with E-state index in [2.05, 4.69) is 10.4 Å². The summed E-state index contributed by atoms with van der Waals surface area (Å²) in [6.07, 6.45) is 3.82. The van der Waals surface area contributed by atoms with Gasteiger partial charge in [-0.2, -0.15) is 5.10 Å². The van der Waals surface area contributed by atoms with Gasteiger partial charge >= 0.3 is 0 Å². The SMILES string of the molecule is COc1ccc(N2C[C@H](NC(=O)Cn3cc(C)cn3)CC2=O)cc1. The van der Waals surface area contributed by atoms with Crippen LogP contribution in [-0.2, 0) is 16.1 Å². The number of hydrogen-bond donors (Lipinski definition) is 1. The predicted molar refractivity (Wildman–Crippen MR) is 88.9 cm³/mol. The summed E-state index contributed by atoms with van der Waals surface area (Å²) in [5.41, 5.74) is 1.81. The van der Waals surface area contributed by atoms with Crippen LogP contribution in [0.5, 0.6) is 5.75 Å². The van der Waals surface area contributed by atoms with Crippen molar-refractivity contribution in [1.29, 1.82) is 0 Å². The summed E-state index contributed by atoms with van der Waals surface area (Å²) in [6, 6.07) is 7.12. The molecule has 1 atom stereocenters. The highest BCUT2D eigenvalue weighted by atomic mass is 16.5. The molecule has 1 aliphatic heterocycles. The molecule has 0 aliphatic carbocycles. The average Bonchev–Trinajstić information content (AvgIpc) is 3.13. The van der Waals surface area contributed by atoms with Crippen molar-refractivity contribution >= 4 is 17.5 Å². The van der Waals surface area contributed by atoms with Crippen LogP contribution < -0.4 is 15.0 Å². The number of carbonyl (C=O) groups excluding carboxylic acids is 2. The third kappa shape index (κ3) is 3.56. The highest BCUT2D eigenvalue weighted by molar-refractivity contribution is 5.96. The van der Waals surface area contributed by atoms with Crippen LogP contribution in [-0.4, -0.2) is 41.3 Å². The molecule has 1 aromatic carbocycles. The maximum atomic E-state index is 12.2. The molecule has 2 amide bonds. The maximum Gasteiger partial charge on any atom is 0.242 e. The van der Waals surface area contributed by atoms with Crippen molar-refractivity contribution in [3.63, 3.8) is 0 Å². The maximum absolute atomic E-state index is 12.2. The van der Waals surface area contributed by atoms with Crippen LogP contribution >= 0.6 is 0 Å². The van der Waals surface area contributed by atoms with Crippen molar-refractivity contribution in [2.75, 3.05) is 18.6 Å². The number of hydrogen-bond acceptors (Lipinski definition) is 4. The van der Waals surface area contributed by atoms with Crippen LogP contribution in [0.2, 0.25) is 0 Å². The number of nitrogens with one attached hydrogen (secondary N) is 1. The van der Waals surface area contributed by atoms with E-state index in [9.17, 15) is 9.59 Å². The van der Waals surface area contributed by atoms with Crippen LogP contribution in [0, 0.1) is 6.92 Å². The third-order valence-electron chi connectivity index (χ3n) is 3.94. The van der Waals surface area contributed by atoms with Crippen molar-refractivity contribution in [2.24, 2.45) is 0 Å². The van der Waals surface area contributed by atoms with Gasteiger partial charge in [0.1, 0.15) is 12.3 Å². The summed E-state index contributed by atoms with van der Waals surface area (Å²) >= 11 is 0. The van der Waals surface area contributed by atoms with Crippen LogP contribution in [0.25, 0.3) is 0 Å². The highest BCUT2D eigenvalue weighted by Crippen LogP contribution is 2.24. The van der Waals surface area contributed by atoms with Crippen molar-refractivity contribution in [1.82, 2.24) is 15.1 Å². The average molecular weight is 328 g/mol. The van der Waals surface area contributed by atoms with E-state index in [4.69, 9.17) is 4.74 Å². The molecule has 0 spiro atoms. The number of benzene rings is 1. The molecule has 0 unspecified atom stereocenters. The fraction of sp³-hybridized carbons (Fsp3) is 0.353. The lowest BCUT2D eigenvalue weighted by atomic mass is 10.2. The lowest BCUT2D eigenvalue weighted by Gasteiger charge is -2.17. The second kappa shape index (κ2) is 6.74. The number of aromatic nitrogens is 2. The first-order valence-electron chi connectivity index (χ1n) is 7.78. The number of amides is 2. The largest absolute Gasteiger partial charge is 0.497 e. The van der Waals surface area contributed by atoms with Crippen LogP contribution in [0.15, 0.2) is 36.7 Å². The Bertz CT molecular complexity index is 739. The Morgan fingerprint density at radius 1 is 1.38 bits per heavy atom. The highest BCUT2D eigenvalue weighted by Gasteiger charge is 2.31. The fourth-order valence-corrected chi connectivity index (χ4v) is 2.79. The molecule has 0 radical (unpaired) electrons. The molecule has 1 saturated heterocycles. The summed E-state index contributed by atoms with van der Waals surface area (Å²) in [5, 5.41) is 6.99. The van der Waals surface area contributed by atoms with Gasteiger partial charge in [-0.25, -0.2) is 0 Å². The molecule has 126 valence electrons. The second-order valence-corrected chi connectivity index (χ2v) is 5.89. The molecule has 2 aromatic rings. The Morgan fingerprint density at radius 2 is 2.12 bits per heavy atom. The molecule has 0 saturated carbocycles. The van der Waals surface area contributed by atoms with Gasteiger partial charge in [0, 0.05) is 24.8 Å². The van der Waals surface area contributed by atoms with E-state index >= 15 is 0 Å². The van der Waals surface area contributed by atoms with Gasteiger partial charge in [-0.1, -0.05) is 0 Å². The Balaban J connectivity index is 1.58. The van der Waals surface area contributed by atoms with Crippen molar-refractivity contribution in [2.45, 2.75) is 25.9 Å². The van der Waals surface area contributed by atoms with E-state index in [1.54, 1.807) is 22.9 Å². The van der Waals surface area contributed by atoms with E-state index in [-0.39, 0.29) is 24.4 Å². The molecule has 7 nitrogen and oxygen atoms in total. The van der Waals surface area contributed by atoms with Crippen LogP contribution in [0.3, 0.4) is 0 Å². The zero-order valence-corrected chi connectivity index (χ0v) is 13.7. The molecule has 2 heterocycles. The minimum Gasteiger partial charge on any atom is -0.497 e. The minimum absolute atomic E-state index is 0.000371. The van der Waals surface area contributed by atoms with Gasteiger partial charge in [-0.3, -0.25) is 14.3 Å². The number of nitrogens with zero attached hydrogens (tertiary/aromatic N) is 3. The van der Waals surface area contributed by atoms with Crippen molar-refractivity contribution in [3.05, 3.63) is 42.2 Å². The van der Waals surface area contributed by atoms with Gasteiger partial charge in [0.25, 0.3) is 0 Å². The van der Waals surface area contributed by atoms with Crippen molar-refractivity contribution < 1.29 is 14.3 Å². The van der Waals surface area contributed by atoms with E-state index in [1.165, 1.54) is 0 Å². The number of anilines is 1. The van der Waals surface area contributed by atoms with E-state index < -0.39 is 0 Å². The Kier molecular flexibility index (Phi) is 4.50. The molecular weight excluding hydrogens is 308 g/mol. The molecule has 1 aromatic heterocycles. The number of rotatable bonds is 5. The summed E-state index contributed by atoms with van der Waals surface area (Å²) < 4.78 is 6.71. The first-order chi connectivity index (χ1) is 11.5.